The number of hydrogen-bond acceptors (Lipinski definition) is 6. The first-order valence-electron chi connectivity index (χ1n) is 6.96. The lowest BCUT2D eigenvalue weighted by Crippen LogP contribution is -2.07. The Morgan fingerprint density at radius 3 is 2.82 bits per heavy atom. The van der Waals surface area contributed by atoms with Crippen LogP contribution in [-0.4, -0.2) is 28.7 Å². The highest BCUT2D eigenvalue weighted by Gasteiger charge is 2.07. The molecule has 7 heteroatoms. The molecular weight excluding hydrogens is 304 g/mol. The zero-order valence-corrected chi connectivity index (χ0v) is 13.6. The molecule has 2 rings (SSSR count). The summed E-state index contributed by atoms with van der Waals surface area (Å²) in [6.45, 7) is 5.23. The molecule has 0 atom stereocenters. The highest BCUT2D eigenvalue weighted by molar-refractivity contribution is 6.31. The van der Waals surface area contributed by atoms with Gasteiger partial charge < -0.3 is 14.8 Å². The third-order valence-electron chi connectivity index (χ3n) is 2.71. The van der Waals surface area contributed by atoms with E-state index in [1.807, 2.05) is 6.07 Å². The summed E-state index contributed by atoms with van der Waals surface area (Å²) in [5.74, 6) is 1.86. The largest absolute Gasteiger partial charge is 0.481 e. The molecule has 0 aliphatic carbocycles. The molecule has 0 aliphatic heterocycles. The highest BCUT2D eigenvalue weighted by Crippen LogP contribution is 2.23. The van der Waals surface area contributed by atoms with E-state index < -0.39 is 0 Å². The van der Waals surface area contributed by atoms with Gasteiger partial charge in [-0.2, -0.15) is 4.98 Å². The number of halogens is 1. The van der Waals surface area contributed by atoms with Crippen molar-refractivity contribution in [2.75, 3.05) is 19.0 Å². The van der Waals surface area contributed by atoms with Gasteiger partial charge in [-0.3, -0.25) is 0 Å². The third kappa shape index (κ3) is 4.73. The Morgan fingerprint density at radius 2 is 2.14 bits per heavy atom. The summed E-state index contributed by atoms with van der Waals surface area (Å²) in [6.07, 6.45) is 3.34. The normalized spacial score (nSPS) is 10.6. The molecule has 0 saturated carbocycles. The molecule has 0 spiro atoms. The zero-order chi connectivity index (χ0) is 15.9. The number of hydrogen-bond donors (Lipinski definition) is 1. The van der Waals surface area contributed by atoms with Gasteiger partial charge in [0.05, 0.1) is 13.7 Å². The summed E-state index contributed by atoms with van der Waals surface area (Å²) in [5, 5.41) is 3.58. The minimum Gasteiger partial charge on any atom is -0.481 e. The second-order valence-corrected chi connectivity index (χ2v) is 5.52. The Kier molecular flexibility index (Phi) is 5.77. The molecule has 6 nitrogen and oxygen atoms in total. The molecular formula is C15H19ClN4O2. The van der Waals surface area contributed by atoms with Crippen molar-refractivity contribution in [3.8, 4) is 11.8 Å². The van der Waals surface area contributed by atoms with E-state index in [9.17, 15) is 0 Å². The second kappa shape index (κ2) is 7.79. The second-order valence-electron chi connectivity index (χ2n) is 5.11. The van der Waals surface area contributed by atoms with Crippen molar-refractivity contribution in [3.63, 3.8) is 0 Å². The fourth-order valence-electron chi connectivity index (χ4n) is 1.64. The molecule has 0 unspecified atom stereocenters. The van der Waals surface area contributed by atoms with Crippen molar-refractivity contribution in [3.05, 3.63) is 35.1 Å². The summed E-state index contributed by atoms with van der Waals surface area (Å²) in [4.78, 5) is 12.5. The average molecular weight is 323 g/mol. The van der Waals surface area contributed by atoms with E-state index >= 15 is 0 Å². The third-order valence-corrected chi connectivity index (χ3v) is 2.98. The van der Waals surface area contributed by atoms with Crippen molar-refractivity contribution in [1.82, 2.24) is 15.0 Å². The Bertz CT molecular complexity index is 622. The van der Waals surface area contributed by atoms with Crippen LogP contribution in [0.1, 0.15) is 19.4 Å². The summed E-state index contributed by atoms with van der Waals surface area (Å²) >= 11 is 6.18. The van der Waals surface area contributed by atoms with Crippen molar-refractivity contribution in [1.29, 1.82) is 0 Å². The summed E-state index contributed by atoms with van der Waals surface area (Å²) in [7, 11) is 1.56. The Balaban J connectivity index is 1.97. The monoisotopic (exact) mass is 322 g/mol. The first kappa shape index (κ1) is 16.3. The van der Waals surface area contributed by atoms with Gasteiger partial charge in [0.25, 0.3) is 0 Å². The smallest absolute Gasteiger partial charge is 0.232 e. The average Bonchev–Trinajstić information content (AvgIpc) is 2.52. The number of anilines is 1. The molecule has 0 amide bonds. The van der Waals surface area contributed by atoms with Crippen LogP contribution in [0.25, 0.3) is 0 Å². The van der Waals surface area contributed by atoms with Gasteiger partial charge in [0, 0.05) is 25.0 Å². The van der Waals surface area contributed by atoms with Gasteiger partial charge >= 0.3 is 0 Å². The Morgan fingerprint density at radius 1 is 1.32 bits per heavy atom. The molecule has 2 aromatic rings. The molecule has 0 aromatic carbocycles. The van der Waals surface area contributed by atoms with Crippen molar-refractivity contribution in [2.45, 2.75) is 20.4 Å². The number of rotatable bonds is 7. The van der Waals surface area contributed by atoms with Gasteiger partial charge in [-0.25, -0.2) is 9.97 Å². The minimum absolute atomic E-state index is 0.421. The number of nitrogens with zero attached hydrogens (tertiary/aromatic N) is 3. The molecule has 0 fully saturated rings. The lowest BCUT2D eigenvalue weighted by Gasteiger charge is -2.10. The van der Waals surface area contributed by atoms with E-state index in [4.69, 9.17) is 21.1 Å². The van der Waals surface area contributed by atoms with E-state index in [1.165, 1.54) is 0 Å². The highest BCUT2D eigenvalue weighted by atomic mass is 35.5. The van der Waals surface area contributed by atoms with Crippen LogP contribution in [0.3, 0.4) is 0 Å². The SMILES string of the molecule is COc1ccnc(NCc2cnc(OCC(C)C)c(Cl)c2)n1. The predicted octanol–water partition coefficient (Wildman–Crippen LogP) is 3.18. The number of pyridine rings is 1. The van der Waals surface area contributed by atoms with E-state index in [1.54, 1.807) is 25.6 Å². The first-order valence-corrected chi connectivity index (χ1v) is 7.34. The number of ether oxygens (including phenoxy) is 2. The van der Waals surface area contributed by atoms with Gasteiger partial charge in [0.15, 0.2) is 0 Å². The molecule has 22 heavy (non-hydrogen) atoms. The number of aromatic nitrogens is 3. The molecule has 2 heterocycles. The topological polar surface area (TPSA) is 69.2 Å². The predicted molar refractivity (Wildman–Crippen MR) is 85.5 cm³/mol. The van der Waals surface area contributed by atoms with E-state index in [2.05, 4.69) is 34.1 Å². The maximum absolute atomic E-state index is 6.18. The number of nitrogens with one attached hydrogen (secondary N) is 1. The van der Waals surface area contributed by atoms with Crippen LogP contribution in [0.2, 0.25) is 5.02 Å². The molecule has 0 radical (unpaired) electrons. The summed E-state index contributed by atoms with van der Waals surface area (Å²) < 4.78 is 10.6. The van der Waals surface area contributed by atoms with Crippen LogP contribution in [0, 0.1) is 5.92 Å². The molecule has 118 valence electrons. The van der Waals surface area contributed by atoms with E-state index in [-0.39, 0.29) is 0 Å². The van der Waals surface area contributed by atoms with Gasteiger partial charge in [0.1, 0.15) is 5.02 Å². The summed E-state index contributed by atoms with van der Waals surface area (Å²) in [6, 6.07) is 3.50. The van der Waals surface area contributed by atoms with Crippen LogP contribution in [0.15, 0.2) is 24.5 Å². The lowest BCUT2D eigenvalue weighted by atomic mass is 10.2. The van der Waals surface area contributed by atoms with Crippen molar-refractivity contribution < 1.29 is 9.47 Å². The molecule has 2 aromatic heterocycles. The maximum atomic E-state index is 6.18. The molecule has 1 N–H and O–H groups in total. The fourth-order valence-corrected chi connectivity index (χ4v) is 1.88. The standard InChI is InChI=1S/C15H19ClN4O2/c1-10(2)9-22-14-12(16)6-11(7-18-14)8-19-15-17-5-4-13(20-15)21-3/h4-7,10H,8-9H2,1-3H3,(H,17,19,20). The molecule has 0 aliphatic rings. The maximum Gasteiger partial charge on any atom is 0.232 e. The lowest BCUT2D eigenvalue weighted by molar-refractivity contribution is 0.261. The Labute approximate surface area is 134 Å². The van der Waals surface area contributed by atoms with Gasteiger partial charge in [-0.15, -0.1) is 0 Å². The quantitative estimate of drug-likeness (QED) is 0.844. The first-order chi connectivity index (χ1) is 10.6. The van der Waals surface area contributed by atoms with E-state index in [0.29, 0.717) is 41.8 Å². The van der Waals surface area contributed by atoms with Crippen LogP contribution < -0.4 is 14.8 Å². The van der Waals surface area contributed by atoms with Gasteiger partial charge in [0.2, 0.25) is 17.7 Å². The van der Waals surface area contributed by atoms with Crippen molar-refractivity contribution in [2.24, 2.45) is 5.92 Å². The van der Waals surface area contributed by atoms with Crippen LogP contribution in [0.5, 0.6) is 11.8 Å². The number of methoxy groups -OCH3 is 1. The van der Waals surface area contributed by atoms with E-state index in [0.717, 1.165) is 5.56 Å². The van der Waals surface area contributed by atoms with Gasteiger partial charge in [-0.05, 0) is 17.5 Å². The zero-order valence-electron chi connectivity index (χ0n) is 12.8. The fraction of sp³-hybridized carbons (Fsp3) is 0.400. The summed E-state index contributed by atoms with van der Waals surface area (Å²) in [5.41, 5.74) is 0.910. The van der Waals surface area contributed by atoms with Crippen LogP contribution in [0.4, 0.5) is 5.95 Å². The van der Waals surface area contributed by atoms with Gasteiger partial charge in [-0.1, -0.05) is 25.4 Å². The Hall–Kier alpha value is -2.08. The van der Waals surface area contributed by atoms with Crippen LogP contribution in [-0.2, 0) is 6.54 Å². The molecule has 0 bridgehead atoms. The van der Waals surface area contributed by atoms with Crippen molar-refractivity contribution >= 4 is 17.5 Å². The van der Waals surface area contributed by atoms with Crippen LogP contribution >= 0.6 is 11.6 Å². The minimum atomic E-state index is 0.421. The molecule has 0 saturated heterocycles.